The van der Waals surface area contributed by atoms with Crippen molar-refractivity contribution >= 4 is 17.2 Å². The van der Waals surface area contributed by atoms with E-state index in [2.05, 4.69) is 20.6 Å². The Morgan fingerprint density at radius 3 is 2.66 bits per heavy atom. The van der Waals surface area contributed by atoms with Crippen LogP contribution in [-0.2, 0) is 0 Å². The minimum Gasteiger partial charge on any atom is -0.493 e. The number of fused-ring (bicyclic) bond motifs is 2. The van der Waals surface area contributed by atoms with E-state index < -0.39 is 12.5 Å². The second kappa shape index (κ2) is 9.94. The first-order valence-corrected chi connectivity index (χ1v) is 12.9. The highest BCUT2D eigenvalue weighted by molar-refractivity contribution is 5.90. The maximum Gasteiger partial charge on any atom is 0.260 e. The molecule has 0 radical (unpaired) electrons. The lowest BCUT2D eigenvalue weighted by atomic mass is 9.97. The number of nitrogens with zero attached hydrogens (tertiary/aromatic N) is 4. The number of anilines is 3. The number of nitrogens with one attached hydrogen (secondary N) is 2. The Hall–Kier alpha value is -3.60. The van der Waals surface area contributed by atoms with Gasteiger partial charge in [-0.15, -0.1) is 0 Å². The fraction of sp³-hybridized carbons (Fsp3) is 0.444. The van der Waals surface area contributed by atoms with E-state index in [9.17, 15) is 8.78 Å². The molecule has 3 aliphatic rings. The van der Waals surface area contributed by atoms with E-state index in [4.69, 9.17) is 9.47 Å². The minimum atomic E-state index is -2.63. The van der Waals surface area contributed by atoms with Crippen LogP contribution in [0.25, 0.3) is 11.3 Å². The van der Waals surface area contributed by atoms with Gasteiger partial charge in [-0.2, -0.15) is 10.2 Å². The standard InChI is InChI=1S/C27H31F3N6O2/c1-37-23-9-8-16(11-24(23)38-2)19-12-22(27(28)29)36-25(32-19)13-20(33-36)18-6-3-7-21-26(18)35(30)15-34(21)17-5-4-10-31-14-17/h3,6-9,11,13,17,19,22,27,31-32H,4-5,10,12,14-15H2,1-2H3/t17-,19?,22?/m1/s1. The number of piperidine rings is 1. The molecule has 0 bridgehead atoms. The van der Waals surface area contributed by atoms with Crippen molar-refractivity contribution in [2.24, 2.45) is 0 Å². The fourth-order valence-electron chi connectivity index (χ4n) is 5.88. The van der Waals surface area contributed by atoms with Crippen molar-refractivity contribution in [1.29, 1.82) is 0 Å². The smallest absolute Gasteiger partial charge is 0.260 e. The number of para-hydroxylation sites is 1. The molecule has 0 aliphatic carbocycles. The minimum absolute atomic E-state index is 0.131. The van der Waals surface area contributed by atoms with Crippen LogP contribution in [0.4, 0.5) is 30.5 Å². The van der Waals surface area contributed by atoms with Crippen molar-refractivity contribution in [3.63, 3.8) is 0 Å². The zero-order valence-electron chi connectivity index (χ0n) is 21.3. The molecular formula is C27H31F3N6O2. The Morgan fingerprint density at radius 1 is 1.08 bits per heavy atom. The molecule has 3 atom stereocenters. The number of aromatic nitrogens is 2. The van der Waals surface area contributed by atoms with Gasteiger partial charge in [0.05, 0.1) is 31.6 Å². The molecular weight excluding hydrogens is 497 g/mol. The van der Waals surface area contributed by atoms with Crippen LogP contribution >= 0.6 is 0 Å². The molecule has 0 saturated carbocycles. The third kappa shape index (κ3) is 4.18. The van der Waals surface area contributed by atoms with Crippen molar-refractivity contribution in [2.75, 3.05) is 49.3 Å². The van der Waals surface area contributed by atoms with Gasteiger partial charge in [0, 0.05) is 24.2 Å². The van der Waals surface area contributed by atoms with Crippen LogP contribution in [0, 0.1) is 0 Å². The van der Waals surface area contributed by atoms with Gasteiger partial charge in [-0.3, -0.25) is 0 Å². The van der Waals surface area contributed by atoms with Crippen LogP contribution in [0.15, 0.2) is 42.5 Å². The summed E-state index contributed by atoms with van der Waals surface area (Å²) < 4.78 is 56.0. The maximum atomic E-state index is 15.4. The van der Waals surface area contributed by atoms with E-state index in [1.54, 1.807) is 31.4 Å². The molecule has 8 nitrogen and oxygen atoms in total. The molecule has 0 amide bonds. The molecule has 6 rings (SSSR count). The lowest BCUT2D eigenvalue weighted by Gasteiger charge is -2.32. The first-order valence-electron chi connectivity index (χ1n) is 12.9. The van der Waals surface area contributed by atoms with Gasteiger partial charge in [0.2, 0.25) is 0 Å². The first-order chi connectivity index (χ1) is 18.5. The summed E-state index contributed by atoms with van der Waals surface area (Å²) in [6.07, 6.45) is -0.468. The Labute approximate surface area is 219 Å². The molecule has 2 aromatic carbocycles. The van der Waals surface area contributed by atoms with E-state index in [0.717, 1.165) is 42.3 Å². The second-order valence-electron chi connectivity index (χ2n) is 9.96. The number of alkyl halides is 2. The summed E-state index contributed by atoms with van der Waals surface area (Å²) in [5.41, 5.74) is 3.06. The van der Waals surface area contributed by atoms with Gasteiger partial charge < -0.3 is 25.0 Å². The molecule has 1 saturated heterocycles. The van der Waals surface area contributed by atoms with Gasteiger partial charge in [-0.1, -0.05) is 22.7 Å². The number of benzene rings is 2. The van der Waals surface area contributed by atoms with Gasteiger partial charge in [0.15, 0.2) is 11.5 Å². The predicted octanol–water partition coefficient (Wildman–Crippen LogP) is 5.15. The van der Waals surface area contributed by atoms with Crippen molar-refractivity contribution in [2.45, 2.75) is 43.8 Å². The number of hydrogen-bond donors (Lipinski definition) is 2. The van der Waals surface area contributed by atoms with Crippen LogP contribution in [-0.4, -0.2) is 56.2 Å². The monoisotopic (exact) mass is 528 g/mol. The molecule has 2 unspecified atom stereocenters. The number of methoxy groups -OCH3 is 2. The summed E-state index contributed by atoms with van der Waals surface area (Å²) in [6, 6.07) is 11.4. The lowest BCUT2D eigenvalue weighted by molar-refractivity contribution is 0.0659. The van der Waals surface area contributed by atoms with Crippen LogP contribution in [0.5, 0.6) is 11.5 Å². The summed E-state index contributed by atoms with van der Waals surface area (Å²) in [7, 11) is 3.09. The summed E-state index contributed by atoms with van der Waals surface area (Å²) in [5.74, 6) is 1.56. The quantitative estimate of drug-likeness (QED) is 0.429. The normalized spacial score (nSPS) is 22.7. The highest BCUT2D eigenvalue weighted by Crippen LogP contribution is 2.47. The Morgan fingerprint density at radius 2 is 1.92 bits per heavy atom. The first kappa shape index (κ1) is 24.7. The van der Waals surface area contributed by atoms with Crippen molar-refractivity contribution in [1.82, 2.24) is 15.1 Å². The molecule has 3 aliphatic heterocycles. The number of ether oxygens (including phenoxy) is 2. The van der Waals surface area contributed by atoms with Crippen LogP contribution < -0.4 is 30.1 Å². The molecule has 1 fully saturated rings. The largest absolute Gasteiger partial charge is 0.493 e. The molecule has 38 heavy (non-hydrogen) atoms. The molecule has 1 aromatic heterocycles. The molecule has 11 heteroatoms. The highest BCUT2D eigenvalue weighted by Gasteiger charge is 2.37. The van der Waals surface area contributed by atoms with Crippen molar-refractivity contribution < 1.29 is 22.7 Å². The van der Waals surface area contributed by atoms with Crippen molar-refractivity contribution in [3.8, 4) is 22.8 Å². The Kier molecular flexibility index (Phi) is 6.46. The Bertz CT molecular complexity index is 1310. The molecule has 3 aromatic rings. The van der Waals surface area contributed by atoms with Gasteiger partial charge in [0.1, 0.15) is 24.2 Å². The van der Waals surface area contributed by atoms with E-state index >= 15 is 4.48 Å². The summed E-state index contributed by atoms with van der Waals surface area (Å²) >= 11 is 0. The third-order valence-corrected chi connectivity index (χ3v) is 7.78. The third-order valence-electron chi connectivity index (χ3n) is 7.78. The summed E-state index contributed by atoms with van der Waals surface area (Å²) in [6.45, 7) is 1.90. The highest BCUT2D eigenvalue weighted by atomic mass is 19.3. The number of halogens is 3. The molecule has 4 heterocycles. The summed E-state index contributed by atoms with van der Waals surface area (Å²) in [4.78, 5) is 2.08. The molecule has 202 valence electrons. The molecule has 0 spiro atoms. The van der Waals surface area contributed by atoms with Crippen LogP contribution in [0.2, 0.25) is 0 Å². The SMILES string of the molecule is COc1ccc(C2CC(C(F)F)n3nc(-c4cccc5c4N(F)CN5[C@@H]4CCCNC4)cc3N2)cc1OC. The summed E-state index contributed by atoms with van der Waals surface area (Å²) in [5, 5.41) is 12.1. The second-order valence-corrected chi connectivity index (χ2v) is 9.96. The average molecular weight is 529 g/mol. The van der Waals surface area contributed by atoms with Gasteiger partial charge in [-0.05, 0) is 49.6 Å². The van der Waals surface area contributed by atoms with Gasteiger partial charge in [-0.25, -0.2) is 13.5 Å². The lowest BCUT2D eigenvalue weighted by Crippen LogP contribution is -2.46. The van der Waals surface area contributed by atoms with E-state index in [0.29, 0.717) is 34.3 Å². The van der Waals surface area contributed by atoms with E-state index in [1.165, 1.54) is 11.8 Å². The van der Waals surface area contributed by atoms with Crippen LogP contribution in [0.3, 0.4) is 0 Å². The average Bonchev–Trinajstić information content (AvgIpc) is 3.53. The van der Waals surface area contributed by atoms with Crippen LogP contribution in [0.1, 0.15) is 36.9 Å². The zero-order valence-corrected chi connectivity index (χ0v) is 21.3. The topological polar surface area (TPSA) is 66.8 Å². The predicted molar refractivity (Wildman–Crippen MR) is 140 cm³/mol. The molecule has 2 N–H and O–H groups in total. The van der Waals surface area contributed by atoms with E-state index in [-0.39, 0.29) is 25.2 Å². The zero-order chi connectivity index (χ0) is 26.4. The number of hydrogen-bond acceptors (Lipinski definition) is 7. The maximum absolute atomic E-state index is 15.4. The number of rotatable bonds is 6. The van der Waals surface area contributed by atoms with E-state index in [1.807, 2.05) is 18.2 Å². The van der Waals surface area contributed by atoms with Gasteiger partial charge >= 0.3 is 0 Å². The van der Waals surface area contributed by atoms with Gasteiger partial charge in [0.25, 0.3) is 6.43 Å². The fourth-order valence-corrected chi connectivity index (χ4v) is 5.88. The van der Waals surface area contributed by atoms with Crippen molar-refractivity contribution in [3.05, 3.63) is 48.0 Å². The Balaban J connectivity index is 1.35.